The molecule has 0 aromatic heterocycles. The minimum atomic E-state index is -0.547. The molecule has 1 amide bonds. The van der Waals surface area contributed by atoms with Crippen LogP contribution in [0.3, 0.4) is 0 Å². The van der Waals surface area contributed by atoms with Gasteiger partial charge in [-0.15, -0.1) is 0 Å². The van der Waals surface area contributed by atoms with E-state index in [-0.39, 0.29) is 17.2 Å². The molecule has 16 heavy (non-hydrogen) atoms. The van der Waals surface area contributed by atoms with Gasteiger partial charge in [-0.3, -0.25) is 4.79 Å². The molecule has 0 atom stereocenters. The van der Waals surface area contributed by atoms with E-state index < -0.39 is 5.41 Å². The fourth-order valence-corrected chi connectivity index (χ4v) is 0.927. The molecule has 4 N–H and O–H groups in total. The molecule has 0 rings (SSSR count). The molecule has 0 aliphatic carbocycles. The molecule has 0 aromatic rings. The summed E-state index contributed by atoms with van der Waals surface area (Å²) >= 11 is 0. The number of carbonyl (C=O) groups excluding carboxylic acids is 1. The lowest BCUT2D eigenvalue weighted by molar-refractivity contribution is -0.129. The molecule has 5 heteroatoms. The normalized spacial score (nSPS) is 13.7. The molecule has 0 aliphatic rings. The first kappa shape index (κ1) is 14.7. The molecular formula is C11H23N3O2. The number of rotatable bonds is 5. The third-order valence-electron chi connectivity index (χ3n) is 2.99. The highest BCUT2D eigenvalue weighted by molar-refractivity contribution is 5.87. The maximum Gasteiger partial charge on any atom is 0.225 e. The molecule has 0 fully saturated rings. The molecule has 0 spiro atoms. The molecule has 0 saturated heterocycles. The first-order valence-electron chi connectivity index (χ1n) is 5.43. The van der Waals surface area contributed by atoms with E-state index in [0.29, 0.717) is 6.54 Å². The topological polar surface area (TPSA) is 87.7 Å². The van der Waals surface area contributed by atoms with Crippen molar-refractivity contribution >= 4 is 11.7 Å². The van der Waals surface area contributed by atoms with Crippen LogP contribution in [0.25, 0.3) is 0 Å². The highest BCUT2D eigenvalue weighted by atomic mass is 16.4. The van der Waals surface area contributed by atoms with Crippen LogP contribution in [0.15, 0.2) is 5.16 Å². The monoisotopic (exact) mass is 229 g/mol. The molecule has 0 saturated carbocycles. The van der Waals surface area contributed by atoms with E-state index in [1.807, 2.05) is 20.8 Å². The number of hydrogen-bond donors (Lipinski definition) is 3. The molecule has 0 radical (unpaired) electrons. The predicted octanol–water partition coefficient (Wildman–Crippen LogP) is 1.31. The molecule has 0 aliphatic heterocycles. The van der Waals surface area contributed by atoms with Gasteiger partial charge in [-0.05, 0) is 6.42 Å². The van der Waals surface area contributed by atoms with Gasteiger partial charge in [-0.1, -0.05) is 39.8 Å². The molecular weight excluding hydrogens is 206 g/mol. The number of oxime groups is 1. The van der Waals surface area contributed by atoms with E-state index in [2.05, 4.69) is 10.5 Å². The van der Waals surface area contributed by atoms with Gasteiger partial charge in [0, 0.05) is 17.4 Å². The van der Waals surface area contributed by atoms with Crippen LogP contribution in [0.1, 0.15) is 41.0 Å². The molecule has 0 aromatic carbocycles. The Morgan fingerprint density at radius 2 is 1.81 bits per heavy atom. The van der Waals surface area contributed by atoms with Gasteiger partial charge in [0.25, 0.3) is 0 Å². The Bertz CT molecular complexity index is 283. The van der Waals surface area contributed by atoms with Crippen molar-refractivity contribution in [2.24, 2.45) is 21.7 Å². The van der Waals surface area contributed by atoms with Gasteiger partial charge < -0.3 is 16.3 Å². The number of nitrogens with two attached hydrogens (primary N) is 1. The number of amides is 1. The Morgan fingerprint density at radius 1 is 1.31 bits per heavy atom. The quantitative estimate of drug-likeness (QED) is 0.287. The lowest BCUT2D eigenvalue weighted by Gasteiger charge is -2.27. The molecule has 0 unspecified atom stereocenters. The Kier molecular flexibility index (Phi) is 4.78. The SMILES string of the molecule is CCC(C)(C)C(=O)NCC(C)(C)C(N)=NO. The number of carbonyl (C=O) groups is 1. The molecule has 0 heterocycles. The molecule has 94 valence electrons. The minimum absolute atomic E-state index is 0.0196. The molecule has 5 nitrogen and oxygen atoms in total. The van der Waals surface area contributed by atoms with E-state index in [1.165, 1.54) is 0 Å². The minimum Gasteiger partial charge on any atom is -0.409 e. The second kappa shape index (κ2) is 5.18. The molecule has 0 bridgehead atoms. The standard InChI is InChI=1S/C11H23N3O2/c1-6-10(2,3)9(15)13-7-11(4,5)8(12)14-16/h16H,6-7H2,1-5H3,(H2,12,14)(H,13,15). The van der Waals surface area contributed by atoms with Gasteiger partial charge in [0.2, 0.25) is 5.91 Å². The van der Waals surface area contributed by atoms with Gasteiger partial charge in [0.05, 0.1) is 0 Å². The van der Waals surface area contributed by atoms with Crippen molar-refractivity contribution in [3.8, 4) is 0 Å². The summed E-state index contributed by atoms with van der Waals surface area (Å²) in [6.07, 6.45) is 0.767. The van der Waals surface area contributed by atoms with Gasteiger partial charge in [0.1, 0.15) is 5.84 Å². The van der Waals surface area contributed by atoms with Crippen molar-refractivity contribution < 1.29 is 10.0 Å². The number of hydrogen-bond acceptors (Lipinski definition) is 3. The van der Waals surface area contributed by atoms with Crippen LogP contribution in [0.5, 0.6) is 0 Å². The average molecular weight is 229 g/mol. The van der Waals surface area contributed by atoms with E-state index in [4.69, 9.17) is 10.9 Å². The summed E-state index contributed by atoms with van der Waals surface area (Å²) in [6.45, 7) is 9.71. The fraction of sp³-hybridized carbons (Fsp3) is 0.818. The van der Waals surface area contributed by atoms with E-state index in [1.54, 1.807) is 13.8 Å². The number of amidine groups is 1. The van der Waals surface area contributed by atoms with E-state index in [0.717, 1.165) is 6.42 Å². The second-order valence-electron chi connectivity index (χ2n) is 5.29. The Balaban J connectivity index is 4.42. The number of nitrogens with zero attached hydrogens (tertiary/aromatic N) is 1. The summed E-state index contributed by atoms with van der Waals surface area (Å²) in [5.41, 5.74) is 4.59. The van der Waals surface area contributed by atoms with Crippen molar-refractivity contribution in [3.05, 3.63) is 0 Å². The van der Waals surface area contributed by atoms with E-state index in [9.17, 15) is 4.79 Å². The van der Waals surface area contributed by atoms with Crippen LogP contribution >= 0.6 is 0 Å². The van der Waals surface area contributed by atoms with Crippen molar-refractivity contribution in [1.82, 2.24) is 5.32 Å². The highest BCUT2D eigenvalue weighted by Gasteiger charge is 2.29. The summed E-state index contributed by atoms with van der Waals surface area (Å²) in [7, 11) is 0. The van der Waals surface area contributed by atoms with Crippen LogP contribution in [0.4, 0.5) is 0 Å². The van der Waals surface area contributed by atoms with Gasteiger partial charge in [0.15, 0.2) is 0 Å². The largest absolute Gasteiger partial charge is 0.409 e. The first-order chi connectivity index (χ1) is 7.17. The first-order valence-corrected chi connectivity index (χ1v) is 5.43. The highest BCUT2D eigenvalue weighted by Crippen LogP contribution is 2.20. The predicted molar refractivity (Wildman–Crippen MR) is 64.3 cm³/mol. The van der Waals surface area contributed by atoms with Crippen LogP contribution in [-0.4, -0.2) is 23.5 Å². The zero-order valence-corrected chi connectivity index (χ0v) is 10.8. The van der Waals surface area contributed by atoms with Crippen molar-refractivity contribution in [2.45, 2.75) is 41.0 Å². The maximum atomic E-state index is 11.8. The van der Waals surface area contributed by atoms with Crippen molar-refractivity contribution in [1.29, 1.82) is 0 Å². The zero-order chi connectivity index (χ0) is 13.0. The van der Waals surface area contributed by atoms with Crippen LogP contribution in [0, 0.1) is 10.8 Å². The lowest BCUT2D eigenvalue weighted by atomic mass is 9.87. The Labute approximate surface area is 97.1 Å². The third kappa shape index (κ3) is 3.72. The fourth-order valence-electron chi connectivity index (χ4n) is 0.927. The lowest BCUT2D eigenvalue weighted by Crippen LogP contribution is -2.46. The van der Waals surface area contributed by atoms with Crippen molar-refractivity contribution in [3.63, 3.8) is 0 Å². The smallest absolute Gasteiger partial charge is 0.225 e. The average Bonchev–Trinajstić information content (AvgIpc) is 2.24. The summed E-state index contributed by atoms with van der Waals surface area (Å²) < 4.78 is 0. The summed E-state index contributed by atoms with van der Waals surface area (Å²) in [4.78, 5) is 11.8. The Morgan fingerprint density at radius 3 is 2.19 bits per heavy atom. The summed E-state index contributed by atoms with van der Waals surface area (Å²) in [6, 6.07) is 0. The summed E-state index contributed by atoms with van der Waals surface area (Å²) in [5, 5.41) is 14.4. The van der Waals surface area contributed by atoms with Crippen LogP contribution in [-0.2, 0) is 4.79 Å². The summed E-state index contributed by atoms with van der Waals surface area (Å²) in [5.74, 6) is 0.0934. The number of nitrogens with one attached hydrogen (secondary N) is 1. The second-order valence-corrected chi connectivity index (χ2v) is 5.29. The third-order valence-corrected chi connectivity index (χ3v) is 2.99. The van der Waals surface area contributed by atoms with Crippen LogP contribution < -0.4 is 11.1 Å². The van der Waals surface area contributed by atoms with E-state index >= 15 is 0 Å². The van der Waals surface area contributed by atoms with Gasteiger partial charge in [-0.25, -0.2) is 0 Å². The van der Waals surface area contributed by atoms with Gasteiger partial charge in [-0.2, -0.15) is 0 Å². The zero-order valence-electron chi connectivity index (χ0n) is 10.8. The van der Waals surface area contributed by atoms with Crippen molar-refractivity contribution in [2.75, 3.05) is 6.54 Å². The Hall–Kier alpha value is -1.26. The van der Waals surface area contributed by atoms with Gasteiger partial charge >= 0.3 is 0 Å². The maximum absolute atomic E-state index is 11.8. The van der Waals surface area contributed by atoms with Crippen LogP contribution in [0.2, 0.25) is 0 Å².